The number of anilines is 1. The number of carbonyl (C=O) groups is 1. The van der Waals surface area contributed by atoms with Gasteiger partial charge in [-0.1, -0.05) is 26.0 Å². The largest absolute Gasteiger partial charge is 0.354 e. The van der Waals surface area contributed by atoms with Crippen LogP contribution in [0.1, 0.15) is 52.5 Å². The minimum Gasteiger partial charge on any atom is -0.354 e. The van der Waals surface area contributed by atoms with E-state index in [0.29, 0.717) is 31.0 Å². The van der Waals surface area contributed by atoms with Gasteiger partial charge >= 0.3 is 0 Å². The van der Waals surface area contributed by atoms with Crippen molar-refractivity contribution < 1.29 is 4.79 Å². The van der Waals surface area contributed by atoms with E-state index in [2.05, 4.69) is 45.8 Å². The minimum absolute atomic E-state index is 0.0605. The normalized spacial score (nSPS) is 16.5. The molecule has 1 aromatic rings. The van der Waals surface area contributed by atoms with Gasteiger partial charge in [-0.05, 0) is 50.3 Å². The number of hydrogen-bond acceptors (Lipinski definition) is 3. The average molecular weight is 388 g/mol. The van der Waals surface area contributed by atoms with E-state index in [-0.39, 0.29) is 5.91 Å². The van der Waals surface area contributed by atoms with E-state index in [1.165, 1.54) is 0 Å². The maximum atomic E-state index is 12.0. The van der Waals surface area contributed by atoms with E-state index in [9.17, 15) is 4.79 Å². The Labute approximate surface area is 170 Å². The summed E-state index contributed by atoms with van der Waals surface area (Å²) in [5.74, 6) is 1.24. The fourth-order valence-electron chi connectivity index (χ4n) is 3.48. The molecule has 0 unspecified atom stereocenters. The van der Waals surface area contributed by atoms with Gasteiger partial charge in [-0.3, -0.25) is 9.79 Å². The first-order valence-corrected chi connectivity index (χ1v) is 10.5. The number of aliphatic imine (C=N–C) groups is 1. The van der Waals surface area contributed by atoms with Gasteiger partial charge in [0.05, 0.1) is 0 Å². The standard InChI is InChI=1S/C22H37N5O/c1-16(2)13-21(28)25-20-8-6-7-18(14-20)15-24-22(23-5)26-19-9-11-27(12-10-19)17(3)4/h6-8,14,16-17,19H,9-13,15H2,1-5H3,(H,25,28)(H2,23,24,26). The second-order valence-corrected chi connectivity index (χ2v) is 8.32. The molecule has 0 aromatic heterocycles. The van der Waals surface area contributed by atoms with Gasteiger partial charge in [0.15, 0.2) is 5.96 Å². The quantitative estimate of drug-likeness (QED) is 0.496. The Hall–Kier alpha value is -2.08. The number of guanidine groups is 1. The van der Waals surface area contributed by atoms with Crippen LogP contribution in [0, 0.1) is 5.92 Å². The van der Waals surface area contributed by atoms with Crippen molar-refractivity contribution in [3.63, 3.8) is 0 Å². The smallest absolute Gasteiger partial charge is 0.224 e. The first kappa shape index (κ1) is 22.2. The Kier molecular flexibility index (Phi) is 8.77. The van der Waals surface area contributed by atoms with Crippen LogP contribution >= 0.6 is 0 Å². The van der Waals surface area contributed by atoms with E-state index in [1.807, 2.05) is 32.0 Å². The van der Waals surface area contributed by atoms with Crippen molar-refractivity contribution in [2.45, 2.75) is 65.6 Å². The molecular formula is C22H37N5O. The molecule has 156 valence electrons. The second kappa shape index (κ2) is 11.1. The molecule has 1 saturated heterocycles. The van der Waals surface area contributed by atoms with Gasteiger partial charge in [0.2, 0.25) is 5.91 Å². The van der Waals surface area contributed by atoms with E-state index < -0.39 is 0 Å². The molecule has 0 saturated carbocycles. The average Bonchev–Trinajstić information content (AvgIpc) is 2.65. The van der Waals surface area contributed by atoms with Crippen molar-refractivity contribution in [2.75, 3.05) is 25.5 Å². The summed E-state index contributed by atoms with van der Waals surface area (Å²) >= 11 is 0. The van der Waals surface area contributed by atoms with Crippen molar-refractivity contribution >= 4 is 17.6 Å². The summed E-state index contributed by atoms with van der Waals surface area (Å²) < 4.78 is 0. The molecule has 1 fully saturated rings. The molecule has 0 aliphatic carbocycles. The number of amides is 1. The van der Waals surface area contributed by atoms with E-state index >= 15 is 0 Å². The van der Waals surface area contributed by atoms with Gasteiger partial charge in [0, 0.05) is 50.9 Å². The minimum atomic E-state index is 0.0605. The number of nitrogens with one attached hydrogen (secondary N) is 3. The third-order valence-electron chi connectivity index (χ3n) is 5.09. The van der Waals surface area contributed by atoms with Crippen LogP contribution in [-0.4, -0.2) is 49.0 Å². The van der Waals surface area contributed by atoms with Crippen LogP contribution in [0.4, 0.5) is 5.69 Å². The molecule has 0 bridgehead atoms. The zero-order chi connectivity index (χ0) is 20.5. The fourth-order valence-corrected chi connectivity index (χ4v) is 3.48. The second-order valence-electron chi connectivity index (χ2n) is 8.32. The first-order valence-electron chi connectivity index (χ1n) is 10.5. The summed E-state index contributed by atoms with van der Waals surface area (Å²) in [5, 5.41) is 9.92. The molecule has 0 atom stereocenters. The number of hydrogen-bond donors (Lipinski definition) is 3. The van der Waals surface area contributed by atoms with Gasteiger partial charge in [0.1, 0.15) is 0 Å². The molecule has 1 aliphatic rings. The van der Waals surface area contributed by atoms with Crippen LogP contribution in [-0.2, 0) is 11.3 Å². The predicted molar refractivity (Wildman–Crippen MR) is 118 cm³/mol. The Bertz CT molecular complexity index is 648. The van der Waals surface area contributed by atoms with Gasteiger partial charge < -0.3 is 20.9 Å². The lowest BCUT2D eigenvalue weighted by atomic mass is 10.0. The van der Waals surface area contributed by atoms with E-state index in [1.54, 1.807) is 7.05 Å². The summed E-state index contributed by atoms with van der Waals surface area (Å²) in [4.78, 5) is 18.9. The number of benzene rings is 1. The van der Waals surface area contributed by atoms with Crippen LogP contribution in [0.25, 0.3) is 0 Å². The van der Waals surface area contributed by atoms with E-state index in [0.717, 1.165) is 43.1 Å². The zero-order valence-corrected chi connectivity index (χ0v) is 18.1. The highest BCUT2D eigenvalue weighted by Crippen LogP contribution is 2.14. The summed E-state index contributed by atoms with van der Waals surface area (Å²) in [7, 11) is 1.81. The number of rotatable bonds is 7. The molecule has 6 nitrogen and oxygen atoms in total. The molecule has 28 heavy (non-hydrogen) atoms. The molecule has 2 rings (SSSR count). The zero-order valence-electron chi connectivity index (χ0n) is 18.1. The monoisotopic (exact) mass is 387 g/mol. The number of likely N-dealkylation sites (tertiary alicyclic amines) is 1. The van der Waals surface area contributed by atoms with Gasteiger partial charge in [-0.25, -0.2) is 0 Å². The highest BCUT2D eigenvalue weighted by Gasteiger charge is 2.21. The van der Waals surface area contributed by atoms with Crippen LogP contribution in [0.5, 0.6) is 0 Å². The van der Waals surface area contributed by atoms with Crippen LogP contribution < -0.4 is 16.0 Å². The summed E-state index contributed by atoms with van der Waals surface area (Å²) in [6.45, 7) is 11.5. The predicted octanol–water partition coefficient (Wildman–Crippen LogP) is 3.21. The number of piperidine rings is 1. The molecule has 1 heterocycles. The third kappa shape index (κ3) is 7.50. The van der Waals surface area contributed by atoms with Gasteiger partial charge in [-0.15, -0.1) is 0 Å². The van der Waals surface area contributed by atoms with Crippen LogP contribution in [0.15, 0.2) is 29.3 Å². The Morgan fingerprint density at radius 3 is 2.54 bits per heavy atom. The van der Waals surface area contributed by atoms with E-state index in [4.69, 9.17) is 0 Å². The van der Waals surface area contributed by atoms with Crippen molar-refractivity contribution in [3.05, 3.63) is 29.8 Å². The van der Waals surface area contributed by atoms with Gasteiger partial charge in [-0.2, -0.15) is 0 Å². The SMILES string of the molecule is CN=C(NCc1cccc(NC(=O)CC(C)C)c1)NC1CCN(C(C)C)CC1. The van der Waals surface area contributed by atoms with Crippen LogP contribution in [0.2, 0.25) is 0 Å². The van der Waals surface area contributed by atoms with Crippen molar-refractivity contribution in [1.82, 2.24) is 15.5 Å². The molecule has 1 aliphatic heterocycles. The Morgan fingerprint density at radius 2 is 1.93 bits per heavy atom. The summed E-state index contributed by atoms with van der Waals surface area (Å²) in [5.41, 5.74) is 1.95. The topological polar surface area (TPSA) is 68.8 Å². The molecule has 1 aromatic carbocycles. The Balaban J connectivity index is 1.82. The molecule has 6 heteroatoms. The van der Waals surface area contributed by atoms with Crippen molar-refractivity contribution in [2.24, 2.45) is 10.9 Å². The fraction of sp³-hybridized carbons (Fsp3) is 0.636. The highest BCUT2D eigenvalue weighted by atomic mass is 16.1. The maximum Gasteiger partial charge on any atom is 0.224 e. The lowest BCUT2D eigenvalue weighted by Gasteiger charge is -2.35. The van der Waals surface area contributed by atoms with Gasteiger partial charge in [0.25, 0.3) is 0 Å². The Morgan fingerprint density at radius 1 is 1.21 bits per heavy atom. The molecule has 1 amide bonds. The third-order valence-corrected chi connectivity index (χ3v) is 5.09. The molecule has 3 N–H and O–H groups in total. The van der Waals surface area contributed by atoms with Crippen molar-refractivity contribution in [1.29, 1.82) is 0 Å². The first-order chi connectivity index (χ1) is 13.4. The number of carbonyl (C=O) groups excluding carboxylic acids is 1. The van der Waals surface area contributed by atoms with Crippen molar-refractivity contribution in [3.8, 4) is 0 Å². The van der Waals surface area contributed by atoms with Crippen LogP contribution in [0.3, 0.4) is 0 Å². The molecular weight excluding hydrogens is 350 g/mol. The lowest BCUT2D eigenvalue weighted by molar-refractivity contribution is -0.116. The molecule has 0 radical (unpaired) electrons. The summed E-state index contributed by atoms with van der Waals surface area (Å²) in [6, 6.07) is 9.05. The summed E-state index contributed by atoms with van der Waals surface area (Å²) in [6.07, 6.45) is 2.81. The lowest BCUT2D eigenvalue weighted by Crippen LogP contribution is -2.49. The molecule has 0 spiro atoms. The maximum absolute atomic E-state index is 12.0. The highest BCUT2D eigenvalue weighted by molar-refractivity contribution is 5.90. The number of nitrogens with zero attached hydrogens (tertiary/aromatic N) is 2.